The van der Waals surface area contributed by atoms with Crippen LogP contribution in [0.15, 0.2) is 0 Å². The second kappa shape index (κ2) is 3.80. The van der Waals surface area contributed by atoms with Gasteiger partial charge in [-0.15, -0.1) is 0 Å². The van der Waals surface area contributed by atoms with Crippen LogP contribution in [0.4, 0.5) is 0 Å². The van der Waals surface area contributed by atoms with E-state index in [0.717, 1.165) is 0 Å². The van der Waals surface area contributed by atoms with E-state index in [1.165, 1.54) is 0 Å². The number of hydrogen-bond acceptors (Lipinski definition) is 1. The minimum atomic E-state index is -1.25. The first-order chi connectivity index (χ1) is 1.73. The number of rotatable bonds is 0. The van der Waals surface area contributed by atoms with Crippen molar-refractivity contribution in [3.05, 3.63) is 4.91 Å². The second-order valence-corrected chi connectivity index (χ2v) is 0.253. The maximum atomic E-state index is 8.47. The standard InChI is InChI=1S/Li.H2NO3/c;2-1(3)4/h;(H2,2,3,4)/q;+1. The zero-order valence-corrected chi connectivity index (χ0v) is 2.75. The summed E-state index contributed by atoms with van der Waals surface area (Å²) in [5.74, 6) is 0. The van der Waals surface area contributed by atoms with E-state index in [-0.39, 0.29) is 18.9 Å². The van der Waals surface area contributed by atoms with Crippen LogP contribution in [0.25, 0.3) is 0 Å². The molecule has 0 rings (SSSR count). The van der Waals surface area contributed by atoms with Crippen molar-refractivity contribution in [1.29, 1.82) is 0 Å². The van der Waals surface area contributed by atoms with E-state index in [9.17, 15) is 0 Å². The van der Waals surface area contributed by atoms with Crippen LogP contribution in [0.3, 0.4) is 0 Å². The summed E-state index contributed by atoms with van der Waals surface area (Å²) in [4.78, 5) is 8.47. The normalized spacial score (nSPS) is 4.80. The van der Waals surface area contributed by atoms with Gasteiger partial charge in [-0.1, -0.05) is 0 Å². The molecule has 0 unspecified atom stereocenters. The maximum absolute atomic E-state index is 8.47. The predicted molar refractivity (Wildman–Crippen MR) is 13.0 cm³/mol. The van der Waals surface area contributed by atoms with Gasteiger partial charge in [-0.2, -0.15) is 0 Å². The molecule has 5 heteroatoms. The molecule has 1 radical (unpaired) electrons. The van der Waals surface area contributed by atoms with Gasteiger partial charge in [-0.25, -0.2) is 10.4 Å². The fourth-order valence-electron chi connectivity index (χ4n) is 0. The van der Waals surface area contributed by atoms with Crippen molar-refractivity contribution in [2.24, 2.45) is 0 Å². The Labute approximate surface area is 40.1 Å². The fourth-order valence-corrected chi connectivity index (χ4v) is 0. The van der Waals surface area contributed by atoms with Gasteiger partial charge in [0, 0.05) is 18.9 Å². The number of nitrogens with zero attached hydrogens (tertiary/aromatic N) is 1. The summed E-state index contributed by atoms with van der Waals surface area (Å²) in [7, 11) is 0. The summed E-state index contributed by atoms with van der Waals surface area (Å²) in [5, 5.41) is 12.5. The van der Waals surface area contributed by atoms with Gasteiger partial charge in [0.15, 0.2) is 0 Å². The van der Waals surface area contributed by atoms with Gasteiger partial charge in [0.1, 0.15) is 4.91 Å². The average Bonchev–Trinajstić information content (AvgIpc) is 0.811. The molecular weight excluding hydrogens is 68.9 g/mol. The first-order valence-electron chi connectivity index (χ1n) is 0.583. The monoisotopic (exact) mass is 71.0 g/mol. The molecular formula is H2LiNO3+. The Morgan fingerprint density at radius 2 is 1.40 bits per heavy atom. The van der Waals surface area contributed by atoms with Crippen molar-refractivity contribution in [2.45, 2.75) is 0 Å². The Morgan fingerprint density at radius 1 is 1.40 bits per heavy atom. The van der Waals surface area contributed by atoms with Crippen LogP contribution in [-0.4, -0.2) is 34.4 Å². The molecule has 2 N–H and O–H groups in total. The molecule has 0 fully saturated rings. The summed E-state index contributed by atoms with van der Waals surface area (Å²) in [6.07, 6.45) is 0. The van der Waals surface area contributed by atoms with Crippen LogP contribution in [0.2, 0.25) is 0 Å². The van der Waals surface area contributed by atoms with Crippen molar-refractivity contribution >= 4 is 18.9 Å². The molecule has 0 aromatic carbocycles. The van der Waals surface area contributed by atoms with Crippen LogP contribution in [0, 0.1) is 4.91 Å². The van der Waals surface area contributed by atoms with Gasteiger partial charge >= 0.3 is 5.09 Å². The van der Waals surface area contributed by atoms with Gasteiger partial charge in [-0.3, -0.25) is 0 Å². The van der Waals surface area contributed by atoms with Crippen LogP contribution >= 0.6 is 0 Å². The Balaban J connectivity index is 0. The molecule has 0 aliphatic carbocycles. The number of hydrogen-bond donors (Lipinski definition) is 2. The Bertz CT molecular complexity index is 29.9. The molecule has 0 aliphatic rings. The van der Waals surface area contributed by atoms with Crippen molar-refractivity contribution in [3.8, 4) is 0 Å². The molecule has 0 bridgehead atoms. The van der Waals surface area contributed by atoms with E-state index in [1.807, 2.05) is 0 Å². The van der Waals surface area contributed by atoms with Crippen LogP contribution in [-0.2, 0) is 0 Å². The fraction of sp³-hybridized carbons (Fsp3) is 0. The van der Waals surface area contributed by atoms with E-state index < -0.39 is 5.09 Å². The van der Waals surface area contributed by atoms with Gasteiger partial charge in [-0.05, 0) is 0 Å². The molecule has 0 amide bonds. The van der Waals surface area contributed by atoms with Crippen molar-refractivity contribution < 1.29 is 15.5 Å². The van der Waals surface area contributed by atoms with E-state index in [2.05, 4.69) is 0 Å². The van der Waals surface area contributed by atoms with Crippen molar-refractivity contribution in [3.63, 3.8) is 0 Å². The third-order valence-corrected chi connectivity index (χ3v) is 0. The average molecular weight is 71.0 g/mol. The third-order valence-electron chi connectivity index (χ3n) is 0. The van der Waals surface area contributed by atoms with Crippen LogP contribution in [0.5, 0.6) is 0 Å². The minimum Gasteiger partial charge on any atom is -0.201 e. The summed E-state index contributed by atoms with van der Waals surface area (Å²) in [5.41, 5.74) is 0. The van der Waals surface area contributed by atoms with Gasteiger partial charge < -0.3 is 0 Å². The molecule has 0 saturated heterocycles. The summed E-state index contributed by atoms with van der Waals surface area (Å²) in [6, 6.07) is 0. The molecule has 4 nitrogen and oxygen atoms in total. The molecule has 0 aromatic rings. The predicted octanol–water partition coefficient (Wildman–Crippen LogP) is -0.837. The SMILES string of the molecule is O=[N+](O)O.[Li]. The Hall–Kier alpha value is -0.203. The van der Waals surface area contributed by atoms with E-state index in [4.69, 9.17) is 15.3 Å². The van der Waals surface area contributed by atoms with Gasteiger partial charge in [0.25, 0.3) is 0 Å². The molecule has 0 aliphatic heterocycles. The van der Waals surface area contributed by atoms with Crippen LogP contribution < -0.4 is 0 Å². The smallest absolute Gasteiger partial charge is 0.201 e. The third kappa shape index (κ3) is 299. The van der Waals surface area contributed by atoms with Gasteiger partial charge in [0.2, 0.25) is 0 Å². The minimum absolute atomic E-state index is 0. The molecule has 0 heterocycles. The van der Waals surface area contributed by atoms with Crippen molar-refractivity contribution in [2.75, 3.05) is 0 Å². The molecule has 0 atom stereocenters. The summed E-state index contributed by atoms with van der Waals surface area (Å²) < 4.78 is 0. The topological polar surface area (TPSA) is 60.5 Å². The van der Waals surface area contributed by atoms with E-state index in [0.29, 0.717) is 0 Å². The first-order valence-corrected chi connectivity index (χ1v) is 0.583. The van der Waals surface area contributed by atoms with Gasteiger partial charge in [0.05, 0.1) is 0 Å². The largest absolute Gasteiger partial charge is 0.472 e. The van der Waals surface area contributed by atoms with E-state index in [1.54, 1.807) is 0 Å². The zero-order valence-electron chi connectivity index (χ0n) is 2.75. The van der Waals surface area contributed by atoms with Crippen molar-refractivity contribution in [1.82, 2.24) is 0 Å². The molecule has 5 heavy (non-hydrogen) atoms. The molecule has 0 aromatic heterocycles. The Kier molecular flexibility index (Phi) is 6.71. The molecule has 25 valence electrons. The van der Waals surface area contributed by atoms with Crippen LogP contribution in [0.1, 0.15) is 0 Å². The van der Waals surface area contributed by atoms with E-state index >= 15 is 0 Å². The Morgan fingerprint density at radius 3 is 1.40 bits per heavy atom. The summed E-state index contributed by atoms with van der Waals surface area (Å²) >= 11 is 0. The maximum Gasteiger partial charge on any atom is 0.472 e. The quantitative estimate of drug-likeness (QED) is 0.289. The molecule has 0 saturated carbocycles. The zero-order chi connectivity index (χ0) is 3.58. The summed E-state index contributed by atoms with van der Waals surface area (Å²) in [6.45, 7) is 0. The first kappa shape index (κ1) is 8.84. The molecule has 0 spiro atoms. The second-order valence-electron chi connectivity index (χ2n) is 0.253.